The van der Waals surface area contributed by atoms with Gasteiger partial charge < -0.3 is 19.9 Å². The first-order valence-electron chi connectivity index (χ1n) is 16.0. The quantitative estimate of drug-likeness (QED) is 0.173. The number of ether oxygens (including phenoxy) is 1. The van der Waals surface area contributed by atoms with Gasteiger partial charge in [0.05, 0.1) is 24.6 Å². The molecule has 5 rings (SSSR count). The van der Waals surface area contributed by atoms with Gasteiger partial charge in [0.2, 0.25) is 11.9 Å². The fourth-order valence-corrected chi connectivity index (χ4v) is 6.44. The first-order valence-corrected chi connectivity index (χ1v) is 16.0. The summed E-state index contributed by atoms with van der Waals surface area (Å²) in [5.41, 5.74) is 2.06. The number of carbonyl (C=O) groups is 3. The van der Waals surface area contributed by atoms with E-state index in [4.69, 9.17) is 4.98 Å². The molecule has 240 valence electrons. The number of rotatable bonds is 12. The zero-order valence-electron chi connectivity index (χ0n) is 26.5. The Morgan fingerprint density at radius 2 is 1.67 bits per heavy atom. The van der Waals surface area contributed by atoms with Gasteiger partial charge in [-0.1, -0.05) is 25.7 Å². The number of hydrogen-bond donors (Lipinski definition) is 1. The summed E-state index contributed by atoms with van der Waals surface area (Å²) in [5.74, 6) is 0.662. The van der Waals surface area contributed by atoms with Crippen molar-refractivity contribution in [3.05, 3.63) is 46.0 Å². The summed E-state index contributed by atoms with van der Waals surface area (Å²) in [6.45, 7) is 6.01. The summed E-state index contributed by atoms with van der Waals surface area (Å²) in [4.78, 5) is 67.7. The minimum atomic E-state index is -0.277. The summed E-state index contributed by atoms with van der Waals surface area (Å²) in [5, 5.41) is 3.88. The number of hydrogen-bond acceptors (Lipinski definition) is 10. The molecule has 2 fully saturated rings. The molecule has 0 unspecified atom stereocenters. The van der Waals surface area contributed by atoms with Crippen LogP contribution in [0.5, 0.6) is 0 Å². The number of piperazine rings is 1. The highest BCUT2D eigenvalue weighted by molar-refractivity contribution is 5.99. The minimum absolute atomic E-state index is 0.0129. The maximum absolute atomic E-state index is 13.5. The Balaban J connectivity index is 1.18. The van der Waals surface area contributed by atoms with Crippen LogP contribution in [0, 0.1) is 6.92 Å². The molecular weight excluding hydrogens is 574 g/mol. The Morgan fingerprint density at radius 3 is 2.31 bits per heavy atom. The molecule has 4 heterocycles. The van der Waals surface area contributed by atoms with E-state index in [0.717, 1.165) is 70.1 Å². The number of aromatic nitrogens is 4. The average Bonchev–Trinajstić information content (AvgIpc) is 3.57. The number of Topliss-reactive ketones (excluding diaryl/α,β-unsaturated/α-hetero) is 1. The van der Waals surface area contributed by atoms with Gasteiger partial charge in [-0.15, -0.1) is 0 Å². The third-order valence-electron chi connectivity index (χ3n) is 8.98. The van der Waals surface area contributed by atoms with Crippen molar-refractivity contribution in [3.8, 4) is 0 Å². The number of nitrogens with zero attached hydrogens (tertiary/aromatic N) is 6. The summed E-state index contributed by atoms with van der Waals surface area (Å²) in [6.07, 6.45) is 11.8. The number of pyridine rings is 2. The fourth-order valence-electron chi connectivity index (χ4n) is 6.44. The van der Waals surface area contributed by atoms with Gasteiger partial charge in [-0.3, -0.25) is 23.7 Å². The van der Waals surface area contributed by atoms with Crippen LogP contribution in [0.15, 0.2) is 29.3 Å². The predicted octanol–water partition coefficient (Wildman–Crippen LogP) is 4.72. The zero-order chi connectivity index (χ0) is 31.9. The van der Waals surface area contributed by atoms with E-state index in [1.54, 1.807) is 23.9 Å². The monoisotopic (exact) mass is 617 g/mol. The SMILES string of the molecule is COC(=O)CCCCCCC(=O)N1CCN(c2ccc(Nc3ncc4c(C)c(C(C)=O)c(=O)n(C5CCCC5)c4n3)nc2)CC1. The van der Waals surface area contributed by atoms with Crippen molar-refractivity contribution in [2.75, 3.05) is 43.5 Å². The fraction of sp³-hybridized carbons (Fsp3) is 0.545. The molecule has 1 saturated carbocycles. The number of aryl methyl sites for hydroxylation is 1. The Bertz CT molecular complexity index is 1590. The molecule has 1 saturated heterocycles. The number of methoxy groups -OCH3 is 1. The molecular formula is C33H43N7O5. The van der Waals surface area contributed by atoms with Crippen molar-refractivity contribution >= 4 is 46.1 Å². The van der Waals surface area contributed by atoms with Crippen molar-refractivity contribution < 1.29 is 19.1 Å². The Kier molecular flexibility index (Phi) is 10.4. The number of amides is 1. The van der Waals surface area contributed by atoms with Gasteiger partial charge in [-0.05, 0) is 57.2 Å². The molecule has 0 aromatic carbocycles. The molecule has 2 aliphatic rings. The van der Waals surface area contributed by atoms with E-state index in [0.29, 0.717) is 54.3 Å². The molecule has 1 amide bonds. The topological polar surface area (TPSA) is 140 Å². The summed E-state index contributed by atoms with van der Waals surface area (Å²) < 4.78 is 6.36. The second kappa shape index (κ2) is 14.6. The van der Waals surface area contributed by atoms with Crippen molar-refractivity contribution in [2.24, 2.45) is 0 Å². The number of anilines is 3. The zero-order valence-corrected chi connectivity index (χ0v) is 26.5. The molecule has 0 radical (unpaired) electrons. The lowest BCUT2D eigenvalue weighted by atomic mass is 10.0. The number of unbranched alkanes of at least 4 members (excludes halogenated alkanes) is 3. The van der Waals surface area contributed by atoms with Crippen molar-refractivity contribution in [2.45, 2.75) is 84.1 Å². The van der Waals surface area contributed by atoms with Crippen LogP contribution in [0.4, 0.5) is 17.5 Å². The van der Waals surface area contributed by atoms with E-state index in [1.165, 1.54) is 14.0 Å². The van der Waals surface area contributed by atoms with Gasteiger partial charge >= 0.3 is 5.97 Å². The number of carbonyl (C=O) groups excluding carboxylic acids is 3. The number of nitrogens with one attached hydrogen (secondary N) is 1. The summed E-state index contributed by atoms with van der Waals surface area (Å²) in [6, 6.07) is 3.87. The lowest BCUT2D eigenvalue weighted by Gasteiger charge is -2.36. The Labute approximate surface area is 263 Å². The number of fused-ring (bicyclic) bond motifs is 1. The van der Waals surface area contributed by atoms with Gasteiger partial charge in [-0.2, -0.15) is 4.98 Å². The van der Waals surface area contributed by atoms with E-state index in [9.17, 15) is 19.2 Å². The van der Waals surface area contributed by atoms with Crippen LogP contribution >= 0.6 is 0 Å². The molecule has 0 atom stereocenters. The molecule has 12 heteroatoms. The molecule has 3 aromatic heterocycles. The van der Waals surface area contributed by atoms with Gasteiger partial charge in [0, 0.05) is 56.6 Å². The maximum atomic E-state index is 13.5. The van der Waals surface area contributed by atoms with E-state index in [-0.39, 0.29) is 34.8 Å². The average molecular weight is 618 g/mol. The van der Waals surface area contributed by atoms with Crippen LogP contribution in [-0.4, -0.2) is 75.4 Å². The third-order valence-corrected chi connectivity index (χ3v) is 8.98. The van der Waals surface area contributed by atoms with Gasteiger partial charge in [0.1, 0.15) is 11.5 Å². The number of esters is 1. The second-order valence-corrected chi connectivity index (χ2v) is 12.0. The van der Waals surface area contributed by atoms with Gasteiger partial charge in [-0.25, -0.2) is 9.97 Å². The van der Waals surface area contributed by atoms with Gasteiger partial charge in [0.25, 0.3) is 5.56 Å². The molecule has 12 nitrogen and oxygen atoms in total. The molecule has 1 N–H and O–H groups in total. The molecule has 0 spiro atoms. The Hall–Kier alpha value is -4.35. The van der Waals surface area contributed by atoms with Crippen molar-refractivity contribution in [1.29, 1.82) is 0 Å². The predicted molar refractivity (Wildman–Crippen MR) is 172 cm³/mol. The molecule has 3 aromatic rings. The first kappa shape index (κ1) is 32.1. The standard InChI is InChI=1S/C33H43N7O5/c1-22-26-21-35-33(37-31(26)40(24-10-8-9-11-24)32(44)30(22)23(2)41)36-27-15-14-25(20-34-27)38-16-18-39(19-17-38)28(42)12-6-4-5-7-13-29(43)45-3/h14-15,20-21,24H,4-13,16-19H2,1-3H3,(H,34,35,36,37). The highest BCUT2D eigenvalue weighted by Crippen LogP contribution is 2.32. The van der Waals surface area contributed by atoms with Crippen LogP contribution in [-0.2, 0) is 14.3 Å². The van der Waals surface area contributed by atoms with Crippen molar-refractivity contribution in [3.63, 3.8) is 0 Å². The summed E-state index contributed by atoms with van der Waals surface area (Å²) >= 11 is 0. The van der Waals surface area contributed by atoms with E-state index < -0.39 is 0 Å². The van der Waals surface area contributed by atoms with Crippen LogP contribution in [0.3, 0.4) is 0 Å². The maximum Gasteiger partial charge on any atom is 0.305 e. The largest absolute Gasteiger partial charge is 0.469 e. The normalized spacial score (nSPS) is 15.4. The van der Waals surface area contributed by atoms with Crippen LogP contribution in [0.1, 0.15) is 93.1 Å². The van der Waals surface area contributed by atoms with E-state index in [1.807, 2.05) is 17.0 Å². The van der Waals surface area contributed by atoms with Gasteiger partial charge in [0.15, 0.2) is 5.78 Å². The third kappa shape index (κ3) is 7.49. The van der Waals surface area contributed by atoms with Crippen molar-refractivity contribution in [1.82, 2.24) is 24.4 Å². The first-order chi connectivity index (χ1) is 21.8. The van der Waals surface area contributed by atoms with E-state index in [2.05, 4.69) is 24.9 Å². The van der Waals surface area contributed by atoms with Crippen LogP contribution in [0.2, 0.25) is 0 Å². The van der Waals surface area contributed by atoms with Crippen LogP contribution in [0.25, 0.3) is 11.0 Å². The number of ketones is 1. The molecule has 45 heavy (non-hydrogen) atoms. The molecule has 0 bridgehead atoms. The Morgan fingerprint density at radius 1 is 0.956 bits per heavy atom. The minimum Gasteiger partial charge on any atom is -0.469 e. The summed E-state index contributed by atoms with van der Waals surface area (Å²) in [7, 11) is 1.40. The molecule has 1 aliphatic carbocycles. The lowest BCUT2D eigenvalue weighted by Crippen LogP contribution is -2.48. The molecule has 1 aliphatic heterocycles. The lowest BCUT2D eigenvalue weighted by molar-refractivity contribution is -0.140. The smallest absolute Gasteiger partial charge is 0.305 e. The van der Waals surface area contributed by atoms with E-state index >= 15 is 0 Å². The highest BCUT2D eigenvalue weighted by atomic mass is 16.5. The highest BCUT2D eigenvalue weighted by Gasteiger charge is 2.26. The van der Waals surface area contributed by atoms with Crippen LogP contribution < -0.4 is 15.8 Å². The second-order valence-electron chi connectivity index (χ2n) is 12.0.